The molecule has 2 aromatic rings. The van der Waals surface area contributed by atoms with Crippen LogP contribution < -0.4 is 5.73 Å². The monoisotopic (exact) mass is 200 g/mol. The van der Waals surface area contributed by atoms with Gasteiger partial charge >= 0.3 is 0 Å². The quantitative estimate of drug-likeness (QED) is 0.769. The van der Waals surface area contributed by atoms with E-state index in [-0.39, 0.29) is 6.04 Å². The predicted molar refractivity (Wildman–Crippen MR) is 62.7 cm³/mol. The molecule has 1 aromatic heterocycles. The third-order valence-corrected chi connectivity index (χ3v) is 3.41. The minimum Gasteiger partial charge on any atom is -0.358 e. The van der Waals surface area contributed by atoms with Gasteiger partial charge in [0.25, 0.3) is 0 Å². The minimum absolute atomic E-state index is 0.223. The van der Waals surface area contributed by atoms with Gasteiger partial charge in [-0.15, -0.1) is 0 Å². The molecule has 1 fully saturated rings. The van der Waals surface area contributed by atoms with Crippen LogP contribution in [0.15, 0.2) is 24.3 Å². The molecule has 0 saturated heterocycles. The Morgan fingerprint density at radius 2 is 2.07 bits per heavy atom. The molecule has 15 heavy (non-hydrogen) atoms. The molecule has 3 N–H and O–H groups in total. The maximum absolute atomic E-state index is 6.29. The van der Waals surface area contributed by atoms with Crippen molar-refractivity contribution in [1.29, 1.82) is 0 Å². The zero-order valence-corrected chi connectivity index (χ0v) is 8.96. The van der Waals surface area contributed by atoms with Crippen molar-refractivity contribution in [2.75, 3.05) is 0 Å². The standard InChI is InChI=1S/C13H16N2/c1-8-12(13(14)9-6-7-9)10-4-2-3-5-11(10)15-8/h2-5,9,13,15H,6-7,14H2,1H3/t13-/m0/s1. The number of H-pyrrole nitrogens is 1. The van der Waals surface area contributed by atoms with Crippen LogP contribution in [0.2, 0.25) is 0 Å². The Morgan fingerprint density at radius 1 is 1.33 bits per heavy atom. The average molecular weight is 200 g/mol. The maximum atomic E-state index is 6.29. The van der Waals surface area contributed by atoms with Crippen LogP contribution in [0.3, 0.4) is 0 Å². The van der Waals surface area contributed by atoms with Crippen LogP contribution >= 0.6 is 0 Å². The van der Waals surface area contributed by atoms with Gasteiger partial charge in [0.15, 0.2) is 0 Å². The zero-order valence-electron chi connectivity index (χ0n) is 8.96. The molecule has 1 atom stereocenters. The molecule has 0 unspecified atom stereocenters. The van der Waals surface area contributed by atoms with E-state index in [1.807, 2.05) is 0 Å². The van der Waals surface area contributed by atoms with Crippen molar-refractivity contribution in [2.45, 2.75) is 25.8 Å². The number of hydrogen-bond donors (Lipinski definition) is 2. The molecule has 78 valence electrons. The van der Waals surface area contributed by atoms with Gasteiger partial charge in [-0.3, -0.25) is 0 Å². The van der Waals surface area contributed by atoms with E-state index in [1.165, 1.54) is 35.0 Å². The van der Waals surface area contributed by atoms with Crippen molar-refractivity contribution >= 4 is 10.9 Å². The molecular formula is C13H16N2. The predicted octanol–water partition coefficient (Wildman–Crippen LogP) is 2.89. The Hall–Kier alpha value is -1.28. The SMILES string of the molecule is Cc1[nH]c2ccccc2c1[C@@H](N)C1CC1. The summed E-state index contributed by atoms with van der Waals surface area (Å²) < 4.78 is 0. The highest BCUT2D eigenvalue weighted by Gasteiger charge is 2.31. The van der Waals surface area contributed by atoms with E-state index in [1.54, 1.807) is 0 Å². The normalized spacial score (nSPS) is 18.3. The van der Waals surface area contributed by atoms with Crippen LogP contribution in [-0.2, 0) is 0 Å². The highest BCUT2D eigenvalue weighted by atomic mass is 14.8. The molecule has 1 aliphatic rings. The van der Waals surface area contributed by atoms with E-state index in [9.17, 15) is 0 Å². The molecule has 3 rings (SSSR count). The molecule has 1 heterocycles. The van der Waals surface area contributed by atoms with Crippen LogP contribution in [0, 0.1) is 12.8 Å². The number of aryl methyl sites for hydroxylation is 1. The Bertz CT molecular complexity index is 494. The molecule has 2 nitrogen and oxygen atoms in total. The van der Waals surface area contributed by atoms with Gasteiger partial charge in [0.1, 0.15) is 0 Å². The third-order valence-electron chi connectivity index (χ3n) is 3.41. The van der Waals surface area contributed by atoms with E-state index < -0.39 is 0 Å². The van der Waals surface area contributed by atoms with Gasteiger partial charge in [0, 0.05) is 22.6 Å². The van der Waals surface area contributed by atoms with Gasteiger partial charge in [-0.25, -0.2) is 0 Å². The third kappa shape index (κ3) is 1.37. The van der Waals surface area contributed by atoms with Crippen molar-refractivity contribution < 1.29 is 0 Å². The van der Waals surface area contributed by atoms with Crippen molar-refractivity contribution in [3.05, 3.63) is 35.5 Å². The van der Waals surface area contributed by atoms with Crippen LogP contribution in [0.5, 0.6) is 0 Å². The Labute approximate surface area is 89.5 Å². The summed E-state index contributed by atoms with van der Waals surface area (Å²) in [4.78, 5) is 3.41. The molecular weight excluding hydrogens is 184 g/mol. The largest absolute Gasteiger partial charge is 0.358 e. The van der Waals surface area contributed by atoms with Crippen molar-refractivity contribution in [1.82, 2.24) is 4.98 Å². The second-order valence-electron chi connectivity index (χ2n) is 4.57. The number of aromatic nitrogens is 1. The molecule has 0 bridgehead atoms. The fourth-order valence-electron chi connectivity index (χ4n) is 2.42. The molecule has 2 heteroatoms. The summed E-state index contributed by atoms with van der Waals surface area (Å²) in [7, 11) is 0. The second-order valence-corrected chi connectivity index (χ2v) is 4.57. The fourth-order valence-corrected chi connectivity index (χ4v) is 2.42. The highest BCUT2D eigenvalue weighted by molar-refractivity contribution is 5.85. The van der Waals surface area contributed by atoms with E-state index in [0.29, 0.717) is 5.92 Å². The van der Waals surface area contributed by atoms with Gasteiger partial charge in [0.2, 0.25) is 0 Å². The number of rotatable bonds is 2. The first-order chi connectivity index (χ1) is 7.27. The highest BCUT2D eigenvalue weighted by Crippen LogP contribution is 2.42. The van der Waals surface area contributed by atoms with E-state index in [0.717, 1.165) is 0 Å². The Morgan fingerprint density at radius 3 is 2.80 bits per heavy atom. The number of benzene rings is 1. The Balaban J connectivity index is 2.18. The lowest BCUT2D eigenvalue weighted by molar-refractivity contribution is 0.634. The van der Waals surface area contributed by atoms with Crippen LogP contribution in [0.25, 0.3) is 10.9 Å². The fraction of sp³-hybridized carbons (Fsp3) is 0.385. The summed E-state index contributed by atoms with van der Waals surface area (Å²) in [6.45, 7) is 2.12. The van der Waals surface area contributed by atoms with Gasteiger partial charge in [-0.2, -0.15) is 0 Å². The lowest BCUT2D eigenvalue weighted by Crippen LogP contribution is -2.12. The van der Waals surface area contributed by atoms with Gasteiger partial charge < -0.3 is 10.7 Å². The number of nitrogens with two attached hydrogens (primary N) is 1. The zero-order chi connectivity index (χ0) is 10.4. The summed E-state index contributed by atoms with van der Waals surface area (Å²) in [5.41, 5.74) is 10.1. The summed E-state index contributed by atoms with van der Waals surface area (Å²) >= 11 is 0. The molecule has 1 saturated carbocycles. The summed E-state index contributed by atoms with van der Waals surface area (Å²) in [6, 6.07) is 8.65. The first-order valence-electron chi connectivity index (χ1n) is 5.60. The molecule has 0 spiro atoms. The van der Waals surface area contributed by atoms with Crippen molar-refractivity contribution in [2.24, 2.45) is 11.7 Å². The van der Waals surface area contributed by atoms with Gasteiger partial charge in [0.05, 0.1) is 0 Å². The molecule has 1 aliphatic carbocycles. The maximum Gasteiger partial charge on any atom is 0.0459 e. The molecule has 1 aromatic carbocycles. The van der Waals surface area contributed by atoms with Crippen LogP contribution in [-0.4, -0.2) is 4.98 Å². The van der Waals surface area contributed by atoms with Crippen molar-refractivity contribution in [3.8, 4) is 0 Å². The molecule has 0 aliphatic heterocycles. The van der Waals surface area contributed by atoms with Crippen molar-refractivity contribution in [3.63, 3.8) is 0 Å². The summed E-state index contributed by atoms with van der Waals surface area (Å²) in [6.07, 6.45) is 2.58. The summed E-state index contributed by atoms with van der Waals surface area (Å²) in [5, 5.41) is 1.30. The summed E-state index contributed by atoms with van der Waals surface area (Å²) in [5.74, 6) is 0.711. The number of hydrogen-bond acceptors (Lipinski definition) is 1. The topological polar surface area (TPSA) is 41.8 Å². The second kappa shape index (κ2) is 3.11. The minimum atomic E-state index is 0.223. The first-order valence-corrected chi connectivity index (χ1v) is 5.60. The average Bonchev–Trinajstić information content (AvgIpc) is 3.00. The van der Waals surface area contributed by atoms with E-state index in [2.05, 4.69) is 36.2 Å². The number of nitrogens with one attached hydrogen (secondary N) is 1. The van der Waals surface area contributed by atoms with Gasteiger partial charge in [-0.1, -0.05) is 18.2 Å². The first kappa shape index (κ1) is 8.98. The lowest BCUT2D eigenvalue weighted by Gasteiger charge is -2.10. The Kier molecular flexibility index (Phi) is 1.86. The van der Waals surface area contributed by atoms with Crippen LogP contribution in [0.4, 0.5) is 0 Å². The van der Waals surface area contributed by atoms with E-state index >= 15 is 0 Å². The van der Waals surface area contributed by atoms with Gasteiger partial charge in [-0.05, 0) is 37.3 Å². The smallest absolute Gasteiger partial charge is 0.0459 e. The van der Waals surface area contributed by atoms with Crippen LogP contribution in [0.1, 0.15) is 30.1 Å². The van der Waals surface area contributed by atoms with E-state index in [4.69, 9.17) is 5.73 Å². The number of aromatic amines is 1. The molecule has 0 radical (unpaired) electrons. The number of fused-ring (bicyclic) bond motifs is 1. The number of para-hydroxylation sites is 1. The molecule has 0 amide bonds. The lowest BCUT2D eigenvalue weighted by atomic mass is 10.00.